The van der Waals surface area contributed by atoms with Crippen molar-refractivity contribution in [2.75, 3.05) is 11.9 Å². The van der Waals surface area contributed by atoms with Crippen LogP contribution in [0.1, 0.15) is 41.2 Å². The van der Waals surface area contributed by atoms with Crippen molar-refractivity contribution in [3.63, 3.8) is 0 Å². The van der Waals surface area contributed by atoms with Crippen LogP contribution in [-0.2, 0) is 22.5 Å². The van der Waals surface area contributed by atoms with Gasteiger partial charge in [0, 0.05) is 17.1 Å². The lowest BCUT2D eigenvalue weighted by Gasteiger charge is -2.12. The van der Waals surface area contributed by atoms with Gasteiger partial charge in [-0.05, 0) is 44.9 Å². The minimum atomic E-state index is -0.353. The van der Waals surface area contributed by atoms with Crippen LogP contribution in [0.15, 0.2) is 30.3 Å². The normalized spacial score (nSPS) is 10.5. The van der Waals surface area contributed by atoms with Crippen LogP contribution in [0, 0.1) is 13.8 Å². The maximum atomic E-state index is 12.4. The number of aromatic nitrogens is 1. The molecule has 1 aromatic heterocycles. The Morgan fingerprint density at radius 1 is 1.17 bits per heavy atom. The number of hydrogen-bond donors (Lipinski definition) is 1. The van der Waals surface area contributed by atoms with Crippen LogP contribution in [0.4, 0.5) is 5.69 Å². The molecule has 5 heteroatoms. The van der Waals surface area contributed by atoms with Crippen LogP contribution >= 0.6 is 0 Å². The highest BCUT2D eigenvalue weighted by Crippen LogP contribution is 2.18. The third kappa shape index (κ3) is 3.85. The lowest BCUT2D eigenvalue weighted by Crippen LogP contribution is -2.21. The van der Waals surface area contributed by atoms with Crippen LogP contribution in [0.3, 0.4) is 0 Å². The van der Waals surface area contributed by atoms with Crippen molar-refractivity contribution in [1.29, 1.82) is 0 Å². The van der Waals surface area contributed by atoms with E-state index in [1.54, 1.807) is 13.0 Å². The van der Waals surface area contributed by atoms with E-state index >= 15 is 0 Å². The summed E-state index contributed by atoms with van der Waals surface area (Å²) >= 11 is 0. The first kappa shape index (κ1) is 17.8. The van der Waals surface area contributed by atoms with Crippen LogP contribution < -0.4 is 5.32 Å². The van der Waals surface area contributed by atoms with Crippen LogP contribution in [0.25, 0.3) is 0 Å². The van der Waals surface area contributed by atoms with Crippen molar-refractivity contribution in [3.05, 3.63) is 52.8 Å². The number of carbonyl (C=O) groups excluding carboxylic acids is 2. The summed E-state index contributed by atoms with van der Waals surface area (Å²) in [6.45, 7) is 8.02. The predicted molar refractivity (Wildman–Crippen MR) is 94.3 cm³/mol. The minimum Gasteiger partial charge on any atom is -0.462 e. The lowest BCUT2D eigenvalue weighted by atomic mass is 10.1. The van der Waals surface area contributed by atoms with E-state index in [0.717, 1.165) is 29.1 Å². The SMILES string of the molecule is CCOC(=O)c1cc(C)n(CC(=O)Nc2ccccc2CC)c1C. The summed E-state index contributed by atoms with van der Waals surface area (Å²) in [5.41, 5.74) is 4.03. The summed E-state index contributed by atoms with van der Waals surface area (Å²) < 4.78 is 6.88. The Morgan fingerprint density at radius 2 is 1.88 bits per heavy atom. The topological polar surface area (TPSA) is 60.3 Å². The Kier molecular flexibility index (Phi) is 5.79. The average molecular weight is 328 g/mol. The zero-order valence-electron chi connectivity index (χ0n) is 14.7. The molecule has 1 amide bonds. The van der Waals surface area contributed by atoms with Gasteiger partial charge >= 0.3 is 5.97 Å². The highest BCUT2D eigenvalue weighted by atomic mass is 16.5. The Morgan fingerprint density at radius 3 is 2.54 bits per heavy atom. The molecule has 128 valence electrons. The molecule has 0 spiro atoms. The van der Waals surface area contributed by atoms with Crippen molar-refractivity contribution in [3.8, 4) is 0 Å². The van der Waals surface area contributed by atoms with Gasteiger partial charge in [0.15, 0.2) is 0 Å². The fourth-order valence-corrected chi connectivity index (χ4v) is 2.74. The molecule has 0 unspecified atom stereocenters. The Labute approximate surface area is 142 Å². The standard InChI is InChI=1S/C19H24N2O3/c1-5-15-9-7-8-10-17(15)20-18(22)12-21-13(3)11-16(14(21)4)19(23)24-6-2/h7-11H,5-6,12H2,1-4H3,(H,20,22). The van der Waals surface area contributed by atoms with Gasteiger partial charge in [-0.1, -0.05) is 25.1 Å². The molecular weight excluding hydrogens is 304 g/mol. The van der Waals surface area contributed by atoms with E-state index in [4.69, 9.17) is 4.74 Å². The van der Waals surface area contributed by atoms with Crippen molar-refractivity contribution >= 4 is 17.6 Å². The summed E-state index contributed by atoms with van der Waals surface area (Å²) in [4.78, 5) is 24.4. The first-order chi connectivity index (χ1) is 11.5. The second-order valence-electron chi connectivity index (χ2n) is 5.65. The van der Waals surface area contributed by atoms with Gasteiger partial charge in [0.05, 0.1) is 12.2 Å². The van der Waals surface area contributed by atoms with E-state index in [1.165, 1.54) is 0 Å². The fourth-order valence-electron chi connectivity index (χ4n) is 2.74. The van der Waals surface area contributed by atoms with E-state index in [0.29, 0.717) is 12.2 Å². The van der Waals surface area contributed by atoms with E-state index in [1.807, 2.05) is 42.7 Å². The molecule has 0 saturated carbocycles. The molecule has 0 aliphatic heterocycles. The molecule has 1 aromatic carbocycles. The molecule has 2 rings (SSSR count). The molecule has 0 aliphatic carbocycles. The van der Waals surface area contributed by atoms with Gasteiger partial charge in [0.1, 0.15) is 6.54 Å². The van der Waals surface area contributed by atoms with Crippen LogP contribution in [-0.4, -0.2) is 23.1 Å². The van der Waals surface area contributed by atoms with Gasteiger partial charge in [-0.3, -0.25) is 4.79 Å². The third-order valence-corrected chi connectivity index (χ3v) is 4.04. The van der Waals surface area contributed by atoms with Gasteiger partial charge in [-0.15, -0.1) is 0 Å². The number of nitrogens with zero attached hydrogens (tertiary/aromatic N) is 1. The Balaban J connectivity index is 2.16. The summed E-state index contributed by atoms with van der Waals surface area (Å²) in [5.74, 6) is -0.471. The molecular formula is C19H24N2O3. The molecule has 0 aliphatic rings. The predicted octanol–water partition coefficient (Wildman–Crippen LogP) is 3.48. The van der Waals surface area contributed by atoms with Gasteiger partial charge in [0.2, 0.25) is 5.91 Å². The number of para-hydroxylation sites is 1. The zero-order chi connectivity index (χ0) is 17.7. The van der Waals surface area contributed by atoms with E-state index < -0.39 is 0 Å². The number of anilines is 1. The second kappa shape index (κ2) is 7.81. The number of nitrogens with one attached hydrogen (secondary N) is 1. The molecule has 24 heavy (non-hydrogen) atoms. The first-order valence-corrected chi connectivity index (χ1v) is 8.19. The maximum Gasteiger partial charge on any atom is 0.339 e. The summed E-state index contributed by atoms with van der Waals surface area (Å²) in [7, 11) is 0. The van der Waals surface area contributed by atoms with Crippen molar-refractivity contribution < 1.29 is 14.3 Å². The van der Waals surface area contributed by atoms with Gasteiger partial charge < -0.3 is 14.6 Å². The number of aryl methyl sites for hydroxylation is 2. The molecule has 1 heterocycles. The molecule has 2 aromatic rings. The fraction of sp³-hybridized carbons (Fsp3) is 0.368. The van der Waals surface area contributed by atoms with Gasteiger partial charge in [0.25, 0.3) is 0 Å². The largest absolute Gasteiger partial charge is 0.462 e. The van der Waals surface area contributed by atoms with E-state index in [-0.39, 0.29) is 18.4 Å². The number of carbonyl (C=O) groups is 2. The monoisotopic (exact) mass is 328 g/mol. The van der Waals surface area contributed by atoms with Crippen molar-refractivity contribution in [2.24, 2.45) is 0 Å². The number of esters is 1. The lowest BCUT2D eigenvalue weighted by molar-refractivity contribution is -0.116. The van der Waals surface area contributed by atoms with Crippen LogP contribution in [0.5, 0.6) is 0 Å². The third-order valence-electron chi connectivity index (χ3n) is 4.04. The number of ether oxygens (including phenoxy) is 1. The number of hydrogen-bond acceptors (Lipinski definition) is 3. The highest BCUT2D eigenvalue weighted by molar-refractivity contribution is 5.93. The minimum absolute atomic E-state index is 0.117. The Hall–Kier alpha value is -2.56. The van der Waals surface area contributed by atoms with Gasteiger partial charge in [-0.25, -0.2) is 4.79 Å². The summed E-state index contributed by atoms with van der Waals surface area (Å²) in [5, 5.41) is 2.95. The van der Waals surface area contributed by atoms with E-state index in [9.17, 15) is 9.59 Å². The number of benzene rings is 1. The molecule has 0 saturated heterocycles. The molecule has 0 fully saturated rings. The Bertz CT molecular complexity index is 747. The van der Waals surface area contributed by atoms with Crippen molar-refractivity contribution in [1.82, 2.24) is 4.57 Å². The highest BCUT2D eigenvalue weighted by Gasteiger charge is 2.18. The molecule has 1 N–H and O–H groups in total. The number of amides is 1. The molecule has 0 atom stereocenters. The average Bonchev–Trinajstić information content (AvgIpc) is 2.84. The van der Waals surface area contributed by atoms with Gasteiger partial charge in [-0.2, -0.15) is 0 Å². The molecule has 0 bridgehead atoms. The molecule has 0 radical (unpaired) electrons. The quantitative estimate of drug-likeness (QED) is 0.826. The zero-order valence-corrected chi connectivity index (χ0v) is 14.7. The molecule has 5 nitrogen and oxygen atoms in total. The van der Waals surface area contributed by atoms with Crippen LogP contribution in [0.2, 0.25) is 0 Å². The first-order valence-electron chi connectivity index (χ1n) is 8.19. The van der Waals surface area contributed by atoms with Crippen molar-refractivity contribution in [2.45, 2.75) is 40.7 Å². The smallest absolute Gasteiger partial charge is 0.339 e. The van der Waals surface area contributed by atoms with E-state index in [2.05, 4.69) is 12.2 Å². The summed E-state index contributed by atoms with van der Waals surface area (Å²) in [6.07, 6.45) is 0.852. The second-order valence-corrected chi connectivity index (χ2v) is 5.65. The summed E-state index contributed by atoms with van der Waals surface area (Å²) in [6, 6.07) is 9.53. The number of rotatable bonds is 6. The maximum absolute atomic E-state index is 12.4.